The second-order valence-corrected chi connectivity index (χ2v) is 33.1. The van der Waals surface area contributed by atoms with Crippen molar-refractivity contribution in [1.29, 1.82) is 0 Å². The number of hydrogen-bond acceptors (Lipinski definition) is 3. The first-order valence-electron chi connectivity index (χ1n) is 37.3. The molecule has 0 atom stereocenters. The van der Waals surface area contributed by atoms with Crippen molar-refractivity contribution in [2.75, 3.05) is 0 Å². The number of fused-ring (bicyclic) bond motifs is 9. The Balaban J connectivity index is 0.000000163. The summed E-state index contributed by atoms with van der Waals surface area (Å²) < 4.78 is 4.92. The van der Waals surface area contributed by atoms with Crippen molar-refractivity contribution in [3.63, 3.8) is 0 Å². The van der Waals surface area contributed by atoms with Gasteiger partial charge in [0.2, 0.25) is 0 Å². The molecule has 0 saturated heterocycles. The second kappa shape index (κ2) is 31.7. The van der Waals surface area contributed by atoms with Gasteiger partial charge >= 0.3 is 20.1 Å². The van der Waals surface area contributed by atoms with Crippen molar-refractivity contribution in [2.45, 2.75) is 109 Å². The smallest absolute Gasteiger partial charge is 0.309 e. The summed E-state index contributed by atoms with van der Waals surface area (Å²) in [6.07, 6.45) is 9.75. The van der Waals surface area contributed by atoms with Crippen molar-refractivity contribution in [1.82, 2.24) is 24.1 Å². The molecule has 0 fully saturated rings. The Hall–Kier alpha value is -10.9. The van der Waals surface area contributed by atoms with Gasteiger partial charge in [-0.3, -0.25) is 0 Å². The molecule has 0 saturated carbocycles. The monoisotopic (exact) mass is 1570 g/mol. The minimum absolute atomic E-state index is 0. The fraction of sp³-hybridized carbons (Fsp3) is 0.198. The quantitative estimate of drug-likeness (QED) is 0.128. The average molecular weight is 1570 g/mol. The number of nitrogens with zero attached hydrogens (tertiary/aromatic N) is 5. The van der Waals surface area contributed by atoms with E-state index in [1.807, 2.05) is 146 Å². The van der Waals surface area contributed by atoms with Gasteiger partial charge in [-0.2, -0.15) is 0 Å². The molecule has 0 N–H and O–H groups in total. The summed E-state index contributed by atoms with van der Waals surface area (Å²) in [7, 11) is 0. The predicted molar refractivity (Wildman–Crippen MR) is 451 cm³/mol. The Kier molecular flexibility index (Phi) is 22.0. The van der Waals surface area contributed by atoms with Crippen LogP contribution in [-0.4, -0.2) is 24.1 Å². The van der Waals surface area contributed by atoms with E-state index in [0.717, 1.165) is 59.5 Å². The molecule has 6 heteroatoms. The van der Waals surface area contributed by atoms with E-state index in [2.05, 4.69) is 283 Å². The van der Waals surface area contributed by atoms with E-state index < -0.39 is 0 Å². The first-order chi connectivity index (χ1) is 51.0. The third-order valence-corrected chi connectivity index (χ3v) is 19.2. The van der Waals surface area contributed by atoms with Crippen LogP contribution < -0.4 is 0 Å². The molecule has 0 aliphatic carbocycles. The van der Waals surface area contributed by atoms with Gasteiger partial charge in [-0.15, -0.1) is 108 Å². The molecule has 0 aliphatic heterocycles. The Labute approximate surface area is 646 Å². The van der Waals surface area contributed by atoms with Crippen molar-refractivity contribution in [3.05, 3.63) is 344 Å². The first-order valence-corrected chi connectivity index (χ1v) is 37.3. The second-order valence-electron chi connectivity index (χ2n) is 33.1. The van der Waals surface area contributed by atoms with Crippen LogP contribution in [0.4, 0.5) is 0 Å². The fourth-order valence-electron chi connectivity index (χ4n) is 14.9. The van der Waals surface area contributed by atoms with Crippen LogP contribution in [0.3, 0.4) is 0 Å². The number of benzene rings is 12. The van der Waals surface area contributed by atoms with Crippen LogP contribution in [0.15, 0.2) is 304 Å². The fourth-order valence-corrected chi connectivity index (χ4v) is 14.9. The van der Waals surface area contributed by atoms with Crippen molar-refractivity contribution >= 4 is 75.9 Å². The van der Waals surface area contributed by atoms with E-state index >= 15 is 0 Å². The molecule has 17 rings (SSSR count). The summed E-state index contributed by atoms with van der Waals surface area (Å²) in [6.45, 7) is 27.9. The zero-order valence-electron chi connectivity index (χ0n) is 63.8. The third-order valence-electron chi connectivity index (χ3n) is 19.2. The van der Waals surface area contributed by atoms with Crippen LogP contribution in [0.2, 0.25) is 0 Å². The average Bonchev–Trinajstić information content (AvgIpc) is 1.59. The molecule has 0 unspecified atom stereocenters. The van der Waals surface area contributed by atoms with E-state index in [1.54, 1.807) is 0 Å². The van der Waals surface area contributed by atoms with Crippen LogP contribution >= 0.6 is 0 Å². The van der Waals surface area contributed by atoms with Gasteiger partial charge in [0.05, 0.1) is 22.1 Å². The minimum Gasteiger partial charge on any atom is -0.309 e. The van der Waals surface area contributed by atoms with Gasteiger partial charge in [-0.1, -0.05) is 204 Å². The standard InChI is InChI=1S/C56H64N2.3C15H10N.Ir/c1-53(2,3)33-37-13-25-49-45(29-37)46-30-38(34-54(4,5)6)14-26-50(46)57(49)43-21-17-41(18-22-43)42-19-23-44(24-20-42)58-51-27-15-39(35-55(7,8)9)31-47(51)48-32-40(16-28-52(48)58)36-56(10,11)12;3*1-2-7-13(8-3-1)15-14-9-5-4-6-12(14)10-11-16-15;/h13-32H,33-36H2,1-12H3;3*1-7,9-11H;/q;3*-1;+3. The van der Waals surface area contributed by atoms with Gasteiger partial charge in [0.15, 0.2) is 0 Å². The zero-order chi connectivity index (χ0) is 73.7. The molecule has 0 aliphatic rings. The van der Waals surface area contributed by atoms with Gasteiger partial charge < -0.3 is 24.1 Å². The van der Waals surface area contributed by atoms with Gasteiger partial charge in [0, 0.05) is 51.5 Å². The molecule has 0 bridgehead atoms. The topological polar surface area (TPSA) is 48.5 Å². The molecule has 0 amide bonds. The van der Waals surface area contributed by atoms with Crippen LogP contribution in [0.1, 0.15) is 105 Å². The maximum Gasteiger partial charge on any atom is 3.00 e. The largest absolute Gasteiger partial charge is 3.00 e. The van der Waals surface area contributed by atoms with E-state index in [9.17, 15) is 0 Å². The molecule has 0 radical (unpaired) electrons. The van der Waals surface area contributed by atoms with Gasteiger partial charge in [0.25, 0.3) is 0 Å². The van der Waals surface area contributed by atoms with E-state index in [4.69, 9.17) is 0 Å². The number of hydrogen-bond donors (Lipinski definition) is 0. The summed E-state index contributed by atoms with van der Waals surface area (Å²) in [5, 5.41) is 12.5. The molecule has 12 aromatic carbocycles. The van der Waals surface area contributed by atoms with Crippen molar-refractivity contribution in [2.24, 2.45) is 21.7 Å². The van der Waals surface area contributed by atoms with Gasteiger partial charge in [0.1, 0.15) is 0 Å². The van der Waals surface area contributed by atoms with Crippen molar-refractivity contribution in [3.8, 4) is 56.3 Å². The number of aromatic nitrogens is 5. The molecular weight excluding hydrogens is 1480 g/mol. The van der Waals surface area contributed by atoms with Crippen molar-refractivity contribution < 1.29 is 20.1 Å². The Morgan fingerprint density at radius 1 is 0.262 bits per heavy atom. The summed E-state index contributed by atoms with van der Waals surface area (Å²) >= 11 is 0. The van der Waals surface area contributed by atoms with Gasteiger partial charge in [-0.25, -0.2) is 0 Å². The predicted octanol–water partition coefficient (Wildman–Crippen LogP) is 27.0. The molecule has 0 spiro atoms. The summed E-state index contributed by atoms with van der Waals surface area (Å²) in [4.78, 5) is 13.3. The normalized spacial score (nSPS) is 11.8. The van der Waals surface area contributed by atoms with E-state index in [0.29, 0.717) is 0 Å². The molecule has 107 heavy (non-hydrogen) atoms. The molecule has 17 aromatic rings. The molecule has 532 valence electrons. The maximum atomic E-state index is 4.45. The Morgan fingerprint density at radius 2 is 0.514 bits per heavy atom. The number of rotatable bonds is 10. The van der Waals surface area contributed by atoms with Crippen LogP contribution in [-0.2, 0) is 45.8 Å². The SMILES string of the molecule is CC(C)(C)Cc1ccc2c(c1)c1cc(CC(C)(C)C)ccc1n2-c1ccc(-c2ccc(-n3c4ccc(CC(C)(C)C)cc4c4cc(CC(C)(C)C)ccc43)cc2)cc1.[Ir+3].[c-]1ccccc1-c1nccc2ccccc12.[c-]1ccccc1-c1nccc2ccccc12.[c-]1ccccc1-c1nccc2ccccc12. The molecular formula is C101H94IrN5. The first kappa shape index (κ1) is 74.4. The molecule has 5 nitrogen and oxygen atoms in total. The van der Waals surface area contributed by atoms with Gasteiger partial charge in [-0.05, 0) is 221 Å². The zero-order valence-corrected chi connectivity index (χ0v) is 66.2. The summed E-state index contributed by atoms with van der Waals surface area (Å²) in [5.41, 5.74) is 22.5. The van der Waals surface area contributed by atoms with Crippen LogP contribution in [0.5, 0.6) is 0 Å². The molecule has 5 heterocycles. The van der Waals surface area contributed by atoms with E-state index in [-0.39, 0.29) is 41.8 Å². The third kappa shape index (κ3) is 17.7. The maximum absolute atomic E-state index is 4.45. The summed E-state index contributed by atoms with van der Waals surface area (Å²) in [5.74, 6) is 0. The van der Waals surface area contributed by atoms with Crippen LogP contribution in [0, 0.1) is 39.9 Å². The van der Waals surface area contributed by atoms with E-state index in [1.165, 1.54) is 121 Å². The Bertz CT molecular complexity index is 5270. The number of pyridine rings is 3. The summed E-state index contributed by atoms with van der Waals surface area (Å²) in [6, 6.07) is 111. The van der Waals surface area contributed by atoms with Crippen LogP contribution in [0.25, 0.3) is 132 Å². The molecule has 5 aromatic heterocycles. The minimum atomic E-state index is 0. The Morgan fingerprint density at radius 3 is 0.757 bits per heavy atom.